The summed E-state index contributed by atoms with van der Waals surface area (Å²) in [6, 6.07) is 6.39. The van der Waals surface area contributed by atoms with Crippen molar-refractivity contribution in [2.24, 2.45) is 0 Å². The number of hydrogen-bond donors (Lipinski definition) is 1. The molecule has 0 unspecified atom stereocenters. The van der Waals surface area contributed by atoms with E-state index in [0.29, 0.717) is 0 Å². The monoisotopic (exact) mass is 312 g/mol. The van der Waals surface area contributed by atoms with Gasteiger partial charge in [0.15, 0.2) is 5.82 Å². The molecule has 21 heavy (non-hydrogen) atoms. The van der Waals surface area contributed by atoms with Crippen LogP contribution in [-0.4, -0.2) is 10.8 Å². The number of rotatable bonds is 3. The van der Waals surface area contributed by atoms with E-state index in [0.717, 1.165) is 18.2 Å². The Kier molecular flexibility index (Phi) is 4.13. The number of amides is 1. The van der Waals surface area contributed by atoms with E-state index in [9.17, 15) is 23.7 Å². The maximum atomic E-state index is 13.6. The minimum Gasteiger partial charge on any atom is -0.319 e. The molecular weight excluding hydrogens is 306 g/mol. The molecule has 108 valence electrons. The van der Waals surface area contributed by atoms with Crippen LogP contribution in [0.5, 0.6) is 0 Å². The molecule has 1 N–H and O–H groups in total. The normalized spacial score (nSPS) is 10.2. The first-order valence-corrected chi connectivity index (χ1v) is 5.97. The van der Waals surface area contributed by atoms with Gasteiger partial charge in [-0.25, -0.2) is 8.78 Å². The largest absolute Gasteiger partial charge is 0.319 e. The third-order valence-electron chi connectivity index (χ3n) is 2.61. The number of anilines is 1. The number of nitro groups is 1. The zero-order chi connectivity index (χ0) is 15.6. The highest BCUT2D eigenvalue weighted by Crippen LogP contribution is 2.23. The van der Waals surface area contributed by atoms with Gasteiger partial charge in [-0.05, 0) is 18.2 Å². The summed E-state index contributed by atoms with van der Waals surface area (Å²) >= 11 is 5.55. The topological polar surface area (TPSA) is 72.2 Å². The molecule has 0 aromatic heterocycles. The van der Waals surface area contributed by atoms with E-state index in [-0.39, 0.29) is 10.7 Å². The number of non-ortho nitro benzene ring substituents is 1. The van der Waals surface area contributed by atoms with Crippen molar-refractivity contribution in [3.05, 3.63) is 68.7 Å². The number of carbonyl (C=O) groups excluding carboxylic acids is 1. The van der Waals surface area contributed by atoms with Crippen molar-refractivity contribution >= 4 is 28.9 Å². The number of benzene rings is 2. The Morgan fingerprint density at radius 2 is 1.95 bits per heavy atom. The number of hydrogen-bond acceptors (Lipinski definition) is 3. The molecule has 0 aliphatic heterocycles. The molecule has 0 bridgehead atoms. The molecule has 0 aliphatic rings. The van der Waals surface area contributed by atoms with Crippen LogP contribution in [0.25, 0.3) is 0 Å². The van der Waals surface area contributed by atoms with Crippen molar-refractivity contribution in [3.8, 4) is 0 Å². The van der Waals surface area contributed by atoms with E-state index < -0.39 is 33.7 Å². The van der Waals surface area contributed by atoms with Crippen molar-refractivity contribution in [2.45, 2.75) is 0 Å². The van der Waals surface area contributed by atoms with Crippen molar-refractivity contribution in [3.63, 3.8) is 0 Å². The summed E-state index contributed by atoms with van der Waals surface area (Å²) in [6.45, 7) is 0. The molecule has 0 saturated heterocycles. The number of halogens is 3. The average Bonchev–Trinajstić information content (AvgIpc) is 2.44. The summed E-state index contributed by atoms with van der Waals surface area (Å²) in [7, 11) is 0. The fourth-order valence-corrected chi connectivity index (χ4v) is 1.77. The van der Waals surface area contributed by atoms with Crippen molar-refractivity contribution in [2.75, 3.05) is 5.32 Å². The smallest absolute Gasteiger partial charge is 0.270 e. The Bertz CT molecular complexity index is 737. The molecule has 0 saturated carbocycles. The highest BCUT2D eigenvalue weighted by Gasteiger charge is 2.18. The lowest BCUT2D eigenvalue weighted by Gasteiger charge is -2.07. The third-order valence-corrected chi connectivity index (χ3v) is 2.90. The van der Waals surface area contributed by atoms with Crippen LogP contribution in [0.4, 0.5) is 20.2 Å². The first-order valence-electron chi connectivity index (χ1n) is 5.59. The zero-order valence-corrected chi connectivity index (χ0v) is 11.0. The van der Waals surface area contributed by atoms with Crippen molar-refractivity contribution < 1.29 is 18.5 Å². The summed E-state index contributed by atoms with van der Waals surface area (Å²) in [5.41, 5.74) is -1.27. The molecule has 0 spiro atoms. The second-order valence-electron chi connectivity index (χ2n) is 3.98. The second-order valence-corrected chi connectivity index (χ2v) is 4.38. The molecular formula is C13H7ClF2N2O3. The second kappa shape index (κ2) is 5.84. The first kappa shape index (κ1) is 14.9. The molecule has 0 heterocycles. The van der Waals surface area contributed by atoms with Crippen LogP contribution in [0.1, 0.15) is 10.4 Å². The van der Waals surface area contributed by atoms with Gasteiger partial charge in [0.2, 0.25) is 0 Å². The summed E-state index contributed by atoms with van der Waals surface area (Å²) in [5, 5.41) is 12.5. The predicted molar refractivity (Wildman–Crippen MR) is 72.4 cm³/mol. The molecule has 5 nitrogen and oxygen atoms in total. The Morgan fingerprint density at radius 3 is 2.62 bits per heavy atom. The fourth-order valence-electron chi connectivity index (χ4n) is 1.59. The van der Waals surface area contributed by atoms with Crippen LogP contribution in [-0.2, 0) is 0 Å². The minimum atomic E-state index is -1.02. The van der Waals surface area contributed by atoms with Gasteiger partial charge < -0.3 is 5.32 Å². The standard InChI is InChI=1S/C13H7ClF2N2O3/c14-9-2-1-3-11(12(9)16)17-13(19)8-6-7(18(20)21)4-5-10(8)15/h1-6H,(H,17,19). The van der Waals surface area contributed by atoms with Gasteiger partial charge in [-0.1, -0.05) is 17.7 Å². The molecule has 0 atom stereocenters. The van der Waals surface area contributed by atoms with Crippen molar-refractivity contribution in [1.29, 1.82) is 0 Å². The van der Waals surface area contributed by atoms with Gasteiger partial charge in [0.1, 0.15) is 5.82 Å². The highest BCUT2D eigenvalue weighted by molar-refractivity contribution is 6.31. The first-order chi connectivity index (χ1) is 9.90. The maximum Gasteiger partial charge on any atom is 0.270 e. The van der Waals surface area contributed by atoms with Gasteiger partial charge in [0.25, 0.3) is 11.6 Å². The molecule has 8 heteroatoms. The van der Waals surface area contributed by atoms with Gasteiger partial charge in [-0.2, -0.15) is 0 Å². The van der Waals surface area contributed by atoms with Crippen molar-refractivity contribution in [1.82, 2.24) is 0 Å². The molecule has 2 rings (SSSR count). The maximum absolute atomic E-state index is 13.6. The molecule has 0 fully saturated rings. The quantitative estimate of drug-likeness (QED) is 0.692. The van der Waals surface area contributed by atoms with Crippen LogP contribution in [0.15, 0.2) is 36.4 Å². The van der Waals surface area contributed by atoms with Gasteiger partial charge >= 0.3 is 0 Å². The lowest BCUT2D eigenvalue weighted by Crippen LogP contribution is -2.15. The van der Waals surface area contributed by atoms with Crippen LogP contribution >= 0.6 is 11.6 Å². The van der Waals surface area contributed by atoms with E-state index in [4.69, 9.17) is 11.6 Å². The highest BCUT2D eigenvalue weighted by atomic mass is 35.5. The van der Waals surface area contributed by atoms with Gasteiger partial charge in [-0.15, -0.1) is 0 Å². The van der Waals surface area contributed by atoms with Gasteiger partial charge in [0.05, 0.1) is 21.2 Å². The Morgan fingerprint density at radius 1 is 1.24 bits per heavy atom. The molecule has 2 aromatic carbocycles. The molecule has 0 aliphatic carbocycles. The summed E-state index contributed by atoms with van der Waals surface area (Å²) < 4.78 is 27.2. The van der Waals surface area contributed by atoms with E-state index >= 15 is 0 Å². The predicted octanol–water partition coefficient (Wildman–Crippen LogP) is 3.78. The zero-order valence-electron chi connectivity index (χ0n) is 10.3. The summed E-state index contributed by atoms with van der Waals surface area (Å²) in [6.07, 6.45) is 0. The van der Waals surface area contributed by atoms with Crippen LogP contribution < -0.4 is 5.32 Å². The molecule has 2 aromatic rings. The molecule has 1 amide bonds. The van der Waals surface area contributed by atoms with Crippen LogP contribution in [0, 0.1) is 21.7 Å². The van der Waals surface area contributed by atoms with Gasteiger partial charge in [-0.3, -0.25) is 14.9 Å². The van der Waals surface area contributed by atoms with E-state index in [1.807, 2.05) is 0 Å². The van der Waals surface area contributed by atoms with E-state index in [1.54, 1.807) is 0 Å². The van der Waals surface area contributed by atoms with Gasteiger partial charge in [0, 0.05) is 12.1 Å². The lowest BCUT2D eigenvalue weighted by atomic mass is 10.1. The summed E-state index contributed by atoms with van der Waals surface area (Å²) in [5.74, 6) is -2.85. The van der Waals surface area contributed by atoms with Crippen LogP contribution in [0.3, 0.4) is 0 Å². The van der Waals surface area contributed by atoms with Crippen LogP contribution in [0.2, 0.25) is 5.02 Å². The number of nitro benzene ring substituents is 1. The van der Waals surface area contributed by atoms with E-state index in [1.165, 1.54) is 18.2 Å². The lowest BCUT2D eigenvalue weighted by molar-refractivity contribution is -0.384. The average molecular weight is 313 g/mol. The SMILES string of the molecule is O=C(Nc1cccc(Cl)c1F)c1cc([N+](=O)[O-])ccc1F. The number of carbonyl (C=O) groups is 1. The molecule has 0 radical (unpaired) electrons. The summed E-state index contributed by atoms with van der Waals surface area (Å²) in [4.78, 5) is 21.7. The fraction of sp³-hybridized carbons (Fsp3) is 0. The number of nitrogens with one attached hydrogen (secondary N) is 1. The minimum absolute atomic E-state index is 0.215. The third kappa shape index (κ3) is 3.14. The Hall–Kier alpha value is -2.54. The Labute approximate surface area is 122 Å². The Balaban J connectivity index is 2.34. The van der Waals surface area contributed by atoms with E-state index in [2.05, 4.69) is 5.32 Å². The number of nitrogens with zero attached hydrogens (tertiary/aromatic N) is 1.